The van der Waals surface area contributed by atoms with Crippen LogP contribution in [0.4, 0.5) is 16.6 Å². The topological polar surface area (TPSA) is 459 Å². The van der Waals surface area contributed by atoms with E-state index in [1.54, 1.807) is 64.5 Å². The van der Waals surface area contributed by atoms with Crippen molar-refractivity contribution in [1.29, 1.82) is 0 Å². The van der Waals surface area contributed by atoms with Crippen molar-refractivity contribution in [2.45, 2.75) is 212 Å². The summed E-state index contributed by atoms with van der Waals surface area (Å²) in [7, 11) is 3.06. The number of H-pyrrole nitrogens is 1. The number of ketones is 3. The SMILES string of the molecule is C=NC(=N/C=C(\C)CNC(=O)O[C@@H]1CC[C@@H](C[C@@H](N)[C@@H]2CC(=O)[C@H](C)/C=C(\C)[C@@H](O)[C@@H](O)C(=O)[C@H](C)C[C@H](C)/C=C/C=C/C=C(\C)[C@@H](OC)C[C@@H]3CC[C@@H](C)[C@@](O)(O3)C(=O)C(=O)N3CCCC[C@H]3C(=O)O2)C[C@H]1OC)N1CCN(C(=O)CCOCCN2CCN(c3ncc(C(=O)N4CCc5cc(Cn6nc(-c7cnc8[nH]ccc8c7)c7c(N)ncnc76)ccc5C4)cn3)CC2)CC1. The number of hydrogen-bond donors (Lipinski definition) is 7. The van der Waals surface area contributed by atoms with Crippen LogP contribution >= 0.6 is 0 Å². The van der Waals surface area contributed by atoms with Gasteiger partial charge in [0, 0.05) is 178 Å². The number of alkyl carbamates (subject to hydrolysis) is 1. The van der Waals surface area contributed by atoms with E-state index in [9.17, 15) is 53.7 Å². The Morgan fingerprint density at radius 1 is 0.803 bits per heavy atom. The first kappa shape index (κ1) is 98.3. The highest BCUT2D eigenvalue weighted by molar-refractivity contribution is 6.39. The second kappa shape index (κ2) is 45.5. The van der Waals surface area contributed by atoms with Gasteiger partial charge in [-0.3, -0.25) is 33.7 Å². The van der Waals surface area contributed by atoms with E-state index in [0.29, 0.717) is 175 Å². The maximum absolute atomic E-state index is 14.7. The van der Waals surface area contributed by atoms with Crippen molar-refractivity contribution in [3.8, 4) is 11.3 Å². The van der Waals surface area contributed by atoms with Crippen LogP contribution in [0.5, 0.6) is 0 Å². The number of guanidine groups is 1. The molecule has 13 rings (SSSR count). The number of aromatic nitrogens is 8. The van der Waals surface area contributed by atoms with Crippen LogP contribution in [0.15, 0.2) is 131 Å². The number of methoxy groups -OCH3 is 2. The number of ether oxygens (including phenoxy) is 6. The molecule has 5 aromatic heterocycles. The molecule has 9 N–H and O–H groups in total. The molecule has 4 saturated heterocycles. The summed E-state index contributed by atoms with van der Waals surface area (Å²) in [4.78, 5) is 158. The van der Waals surface area contributed by atoms with Gasteiger partial charge < -0.3 is 90.0 Å². The molecule has 6 aromatic rings. The van der Waals surface area contributed by atoms with Crippen molar-refractivity contribution in [2.24, 2.45) is 45.3 Å². The summed E-state index contributed by atoms with van der Waals surface area (Å²) in [6.45, 7) is 23.6. The number of rotatable bonds is 20. The second-order valence-electron chi connectivity index (χ2n) is 36.4. The zero-order valence-corrected chi connectivity index (χ0v) is 77.2. The Labute approximate surface area is 769 Å². The zero-order valence-electron chi connectivity index (χ0n) is 77.2. The molecule has 710 valence electrons. The Bertz CT molecular complexity index is 5290. The van der Waals surface area contributed by atoms with Crippen LogP contribution in [0.25, 0.3) is 33.3 Å². The first-order valence-corrected chi connectivity index (χ1v) is 46.2. The number of pyridine rings is 1. The molecular weight excluding hydrogens is 1690 g/mol. The zero-order chi connectivity index (χ0) is 94.0. The highest BCUT2D eigenvalue weighted by Gasteiger charge is 2.53. The molecule has 0 radical (unpaired) electrons. The highest BCUT2D eigenvalue weighted by atomic mass is 16.6. The fraction of sp³-hybridized carbons (Fsp3) is 0.562. The van der Waals surface area contributed by atoms with Crippen molar-refractivity contribution in [2.75, 3.05) is 117 Å². The normalized spacial score (nSPS) is 28.2. The molecule has 36 nitrogen and oxygen atoms in total. The number of benzene rings is 1. The predicted molar refractivity (Wildman–Crippen MR) is 495 cm³/mol. The number of aromatic amines is 1. The number of aliphatic hydroxyl groups is 3. The second-order valence-corrected chi connectivity index (χ2v) is 36.4. The van der Waals surface area contributed by atoms with Gasteiger partial charge in [-0.15, -0.1) is 0 Å². The summed E-state index contributed by atoms with van der Waals surface area (Å²) in [5.41, 5.74) is 21.8. The highest BCUT2D eigenvalue weighted by Crippen LogP contribution is 2.39. The standard InChI is InChI=1S/C96H129N19O17/c1-58-16-12-11-13-17-60(3)77(127-9)48-72-23-19-64(7)96(126,132-72)86(121)91(123)114-29-15-14-18-74(114)92(124)130-78(49-75(116)61(4)43-63(6)84(119)85(120)83(118)62(5)42-58)73(97)45-65-21-24-76(79(46-65)128-10)131-95(125)105-51-59(2)50-102-93(99-8)111-37-35-110(36-38-111)80(117)27-40-129-41-39-109-31-33-112(34-32-109)94-103-53-71(54-104-94)90(122)113-30-26-67-44-66(20-22-69(67)56-113)55-115-89-81(87(98)106-57-107-89)82(108-115)70-47-68-25-28-100-88(68)101-52-70/h11-13,16-17,20,22,25,28,43-44,47,50,52-54,57-58,61-62,64-65,72-74,76-79,84-85,119-120,126H,8,14-15,18-19,21,23-24,26-27,29-42,45-46,48-49,51,55-56,97H2,1-7,9-10H3,(H,100,101)(H,105,125)(H2,98,106,107)/b13-11+,16-12+,59-50+,60-17+,63-43+,102-93?/t58-,61-,62-,64-,65+,72+,73-,74+,76-,77+,78+,79-,84-,85+,96-/m1/s1. The lowest BCUT2D eigenvalue weighted by Crippen LogP contribution is -2.61. The van der Waals surface area contributed by atoms with Gasteiger partial charge in [0.05, 0.1) is 55.4 Å². The van der Waals surface area contributed by atoms with Gasteiger partial charge in [0.15, 0.2) is 11.4 Å². The largest absolute Gasteiger partial charge is 0.459 e. The number of carbonyl (C=O) groups excluding carboxylic acids is 8. The number of piperazine rings is 2. The first-order valence-electron chi connectivity index (χ1n) is 46.2. The third kappa shape index (κ3) is 24.4. The van der Waals surface area contributed by atoms with Crippen LogP contribution in [0.2, 0.25) is 0 Å². The van der Waals surface area contributed by atoms with Crippen molar-refractivity contribution >= 4 is 93.6 Å². The predicted octanol–water partition coefficient (Wildman–Crippen LogP) is 7.59. The van der Waals surface area contributed by atoms with E-state index in [4.69, 9.17) is 45.0 Å². The van der Waals surface area contributed by atoms with Gasteiger partial charge >= 0.3 is 12.1 Å². The molecule has 36 heteroatoms. The quantitative estimate of drug-likeness (QED) is 0.00966. The molecule has 15 atom stereocenters. The Kier molecular flexibility index (Phi) is 33.9. The molecule has 6 aliphatic heterocycles. The average Bonchev–Trinajstić information content (AvgIpc) is 1.55. The number of cyclic esters (lactones) is 1. The maximum atomic E-state index is 14.7. The van der Waals surface area contributed by atoms with Crippen molar-refractivity contribution in [3.63, 3.8) is 0 Å². The Balaban J connectivity index is 0.528. The lowest BCUT2D eigenvalue weighted by atomic mass is 9.80. The smallest absolute Gasteiger partial charge is 0.407 e. The van der Waals surface area contributed by atoms with Gasteiger partial charge in [-0.2, -0.15) is 5.10 Å². The van der Waals surface area contributed by atoms with Gasteiger partial charge in [0.25, 0.3) is 17.6 Å². The lowest BCUT2D eigenvalue weighted by Gasteiger charge is -2.42. The summed E-state index contributed by atoms with van der Waals surface area (Å²) in [5, 5.41) is 44.1. The summed E-state index contributed by atoms with van der Waals surface area (Å²) in [6.07, 6.45) is 17.3. The molecule has 7 aliphatic rings. The number of fused-ring (bicyclic) bond motifs is 6. The number of nitrogen functional groups attached to an aromatic ring is 1. The molecule has 0 unspecified atom stereocenters. The van der Waals surface area contributed by atoms with E-state index >= 15 is 0 Å². The van der Waals surface area contributed by atoms with E-state index in [1.807, 2.05) is 77.0 Å². The van der Waals surface area contributed by atoms with Crippen LogP contribution in [0.3, 0.4) is 0 Å². The van der Waals surface area contributed by atoms with Gasteiger partial charge in [0.2, 0.25) is 23.6 Å². The Morgan fingerprint density at radius 2 is 1.58 bits per heavy atom. The van der Waals surface area contributed by atoms with Crippen LogP contribution < -0.4 is 21.7 Å². The lowest BCUT2D eigenvalue weighted by molar-refractivity contribution is -0.265. The van der Waals surface area contributed by atoms with E-state index in [-0.39, 0.29) is 74.6 Å². The first-order chi connectivity index (χ1) is 63.5. The Hall–Kier alpha value is -11.2. The van der Waals surface area contributed by atoms with Crippen LogP contribution in [0, 0.1) is 29.6 Å². The fourth-order valence-electron chi connectivity index (χ4n) is 18.8. The summed E-state index contributed by atoms with van der Waals surface area (Å²) in [6, 6.07) is 8.02. The van der Waals surface area contributed by atoms with Gasteiger partial charge in [-0.1, -0.05) is 82.4 Å². The number of Topliss-reactive ketones (excluding diaryl/α,β-unsaturated/α-hetero) is 3. The molecule has 132 heavy (non-hydrogen) atoms. The van der Waals surface area contributed by atoms with E-state index in [1.165, 1.54) is 32.0 Å². The molecule has 1 aromatic carbocycles. The van der Waals surface area contributed by atoms with E-state index in [2.05, 4.69) is 79.9 Å². The van der Waals surface area contributed by atoms with Crippen molar-refractivity contribution in [3.05, 3.63) is 143 Å². The van der Waals surface area contributed by atoms with Gasteiger partial charge in [-0.05, 0) is 155 Å². The minimum atomic E-state index is -2.52. The number of piperidine rings is 1. The number of esters is 1. The molecule has 1 aliphatic carbocycles. The summed E-state index contributed by atoms with van der Waals surface area (Å²) in [5.74, 6) is -8.27. The number of nitrogens with one attached hydrogen (secondary N) is 2. The molecule has 2 bridgehead atoms. The number of nitrogens with two attached hydrogens (primary N) is 2. The van der Waals surface area contributed by atoms with Gasteiger partial charge in [-0.25, -0.2) is 49.2 Å². The third-order valence-electron chi connectivity index (χ3n) is 26.9. The van der Waals surface area contributed by atoms with E-state index in [0.717, 1.165) is 51.3 Å². The van der Waals surface area contributed by atoms with Crippen molar-refractivity contribution < 1.29 is 82.1 Å². The van der Waals surface area contributed by atoms with Crippen molar-refractivity contribution in [1.82, 2.24) is 69.5 Å². The molecular formula is C96H129N19O17. The number of aliphatic hydroxyl groups excluding tert-OH is 2. The number of allylic oxidation sites excluding steroid dienone is 6. The molecule has 0 spiro atoms. The molecule has 11 heterocycles. The fourth-order valence-corrected chi connectivity index (χ4v) is 18.8. The summed E-state index contributed by atoms with van der Waals surface area (Å²) < 4.78 is 38.1. The van der Waals surface area contributed by atoms with Crippen LogP contribution in [-0.4, -0.2) is 306 Å². The molecule has 4 amide bonds. The average molecular weight is 1820 g/mol. The third-order valence-corrected chi connectivity index (χ3v) is 26.9. The monoisotopic (exact) mass is 1820 g/mol. The number of nitrogens with zero attached hydrogens (tertiary/aromatic N) is 15. The van der Waals surface area contributed by atoms with Crippen LogP contribution in [-0.2, 0) is 76.7 Å². The van der Waals surface area contributed by atoms with Crippen LogP contribution in [0.1, 0.15) is 159 Å². The number of anilines is 2. The number of aliphatic imine (C=N–C) groups is 2. The van der Waals surface area contributed by atoms with Gasteiger partial charge in [0.1, 0.15) is 59.7 Å². The number of amides is 4. The van der Waals surface area contributed by atoms with E-state index < -0.39 is 120 Å². The number of carbonyl (C=O) groups is 8. The summed E-state index contributed by atoms with van der Waals surface area (Å²) >= 11 is 0. The maximum Gasteiger partial charge on any atom is 0.407 e. The molecule has 5 fully saturated rings. The molecule has 1 saturated carbocycles. The minimum Gasteiger partial charge on any atom is -0.459 e. The Morgan fingerprint density at radius 3 is 2.33 bits per heavy atom. The number of hydrogen-bond acceptors (Lipinski definition) is 28. The minimum absolute atomic E-state index is 0.0109.